The lowest BCUT2D eigenvalue weighted by Gasteiger charge is -2.48. The van der Waals surface area contributed by atoms with E-state index < -0.39 is 54.7 Å². The first-order valence-electron chi connectivity index (χ1n) is 9.43. The number of carboxylic acid groups (broad SMARTS) is 1. The largest absolute Gasteiger partial charge is 0.480 e. The number of hydrogen-bond acceptors (Lipinski definition) is 7. The van der Waals surface area contributed by atoms with Gasteiger partial charge >= 0.3 is 5.97 Å². The Morgan fingerprint density at radius 1 is 1.14 bits per heavy atom. The van der Waals surface area contributed by atoms with Crippen LogP contribution in [0.3, 0.4) is 0 Å². The molecule has 28 heavy (non-hydrogen) atoms. The molecule has 0 radical (unpaired) electrons. The SMILES string of the molecule is CC(C)(C)C12O[C@H]3O[C@H](COCC(=O)O)[C@@H](O1)[C@H](OCc1ccccc1)[C@H]3O2. The third kappa shape index (κ3) is 3.56. The molecule has 0 amide bonds. The fraction of sp³-hybridized carbons (Fsp3) is 0.650. The van der Waals surface area contributed by atoms with Crippen LogP contribution in [0.4, 0.5) is 0 Å². The van der Waals surface area contributed by atoms with Gasteiger partial charge in [0.2, 0.25) is 0 Å². The van der Waals surface area contributed by atoms with E-state index in [0.29, 0.717) is 6.61 Å². The van der Waals surface area contributed by atoms with Gasteiger partial charge < -0.3 is 28.8 Å². The van der Waals surface area contributed by atoms with E-state index >= 15 is 0 Å². The van der Waals surface area contributed by atoms with E-state index in [1.807, 2.05) is 51.1 Å². The van der Waals surface area contributed by atoms with Crippen molar-refractivity contribution in [1.82, 2.24) is 0 Å². The Kier molecular flexibility index (Phi) is 5.20. The van der Waals surface area contributed by atoms with Crippen molar-refractivity contribution in [3.05, 3.63) is 35.9 Å². The third-order valence-corrected chi connectivity index (χ3v) is 5.16. The van der Waals surface area contributed by atoms with E-state index in [4.69, 9.17) is 33.5 Å². The molecule has 154 valence electrons. The molecular weight excluding hydrogens is 368 g/mol. The van der Waals surface area contributed by atoms with Crippen molar-refractivity contribution < 1.29 is 38.3 Å². The van der Waals surface area contributed by atoms with Crippen LogP contribution in [0.2, 0.25) is 0 Å². The van der Waals surface area contributed by atoms with Crippen LogP contribution in [-0.4, -0.2) is 61.0 Å². The molecule has 8 nitrogen and oxygen atoms in total. The summed E-state index contributed by atoms with van der Waals surface area (Å²) in [5.74, 6) is -2.27. The molecule has 1 unspecified atom stereocenters. The fourth-order valence-corrected chi connectivity index (χ4v) is 3.72. The molecule has 0 saturated carbocycles. The highest BCUT2D eigenvalue weighted by Crippen LogP contribution is 2.53. The summed E-state index contributed by atoms with van der Waals surface area (Å²) in [6.07, 6.45) is -2.55. The smallest absolute Gasteiger partial charge is 0.329 e. The summed E-state index contributed by atoms with van der Waals surface area (Å²) in [6.45, 7) is 5.96. The van der Waals surface area contributed by atoms with Crippen LogP contribution >= 0.6 is 0 Å². The van der Waals surface area contributed by atoms with E-state index in [0.717, 1.165) is 5.56 Å². The Balaban J connectivity index is 1.52. The number of hydrogen-bond donors (Lipinski definition) is 1. The number of carbonyl (C=O) groups is 1. The Morgan fingerprint density at radius 2 is 1.86 bits per heavy atom. The standard InChI is InChI=1S/C20H26O8/c1-19(2,3)20-26-15-13(10-23-11-14(21)22)25-18(28-20)17(27-20)16(15)24-9-12-7-5-4-6-8-12/h4-8,13,15-18H,9-11H2,1-3H3,(H,21,22)/t13-,15-,16+,17-,18-,20?/m1/s1. The van der Waals surface area contributed by atoms with Gasteiger partial charge in [0, 0.05) is 5.41 Å². The van der Waals surface area contributed by atoms with Crippen LogP contribution in [0, 0.1) is 5.41 Å². The molecule has 3 bridgehead atoms. The maximum absolute atomic E-state index is 10.8. The van der Waals surface area contributed by atoms with Crippen molar-refractivity contribution >= 4 is 5.97 Å². The van der Waals surface area contributed by atoms with Gasteiger partial charge in [-0.25, -0.2) is 4.79 Å². The Bertz CT molecular complexity index is 702. The first kappa shape index (κ1) is 19.8. The van der Waals surface area contributed by atoms with E-state index in [-0.39, 0.29) is 6.61 Å². The minimum absolute atomic E-state index is 0.0645. The van der Waals surface area contributed by atoms with Crippen molar-refractivity contribution in [1.29, 1.82) is 0 Å². The molecule has 0 spiro atoms. The molecule has 0 aliphatic carbocycles. The highest BCUT2D eigenvalue weighted by molar-refractivity contribution is 5.67. The summed E-state index contributed by atoms with van der Waals surface area (Å²) in [4.78, 5) is 10.8. The molecule has 0 aromatic heterocycles. The summed E-state index contributed by atoms with van der Waals surface area (Å²) >= 11 is 0. The molecule has 4 rings (SSSR count). The predicted octanol–water partition coefficient (Wildman–Crippen LogP) is 1.91. The molecule has 1 N–H and O–H groups in total. The van der Waals surface area contributed by atoms with Crippen LogP contribution in [0.25, 0.3) is 0 Å². The molecule has 1 aromatic rings. The van der Waals surface area contributed by atoms with Gasteiger partial charge in [0.1, 0.15) is 31.0 Å². The van der Waals surface area contributed by atoms with Crippen LogP contribution in [-0.2, 0) is 39.8 Å². The van der Waals surface area contributed by atoms with Gasteiger partial charge in [0.05, 0.1) is 13.2 Å². The molecule has 3 saturated heterocycles. The number of aliphatic carboxylic acids is 1. The van der Waals surface area contributed by atoms with Crippen molar-refractivity contribution in [3.63, 3.8) is 0 Å². The molecule has 3 heterocycles. The molecular formula is C20H26O8. The second-order valence-electron chi connectivity index (χ2n) is 8.30. The number of rotatable bonds is 7. The van der Waals surface area contributed by atoms with Gasteiger partial charge in [0.15, 0.2) is 6.29 Å². The minimum atomic E-state index is -1.23. The van der Waals surface area contributed by atoms with E-state index in [1.165, 1.54) is 0 Å². The zero-order chi connectivity index (χ0) is 19.9. The topological polar surface area (TPSA) is 92.7 Å². The summed E-state index contributed by atoms with van der Waals surface area (Å²) in [6, 6.07) is 9.82. The first-order chi connectivity index (χ1) is 13.3. The van der Waals surface area contributed by atoms with Gasteiger partial charge in [0.25, 0.3) is 5.97 Å². The molecule has 6 atom stereocenters. The first-order valence-corrected chi connectivity index (χ1v) is 9.43. The van der Waals surface area contributed by atoms with Crippen molar-refractivity contribution in [2.75, 3.05) is 13.2 Å². The van der Waals surface area contributed by atoms with E-state index in [1.54, 1.807) is 0 Å². The van der Waals surface area contributed by atoms with E-state index in [9.17, 15) is 4.79 Å². The summed E-state index contributed by atoms with van der Waals surface area (Å²) in [5.41, 5.74) is 0.576. The fourth-order valence-electron chi connectivity index (χ4n) is 3.72. The molecule has 8 heteroatoms. The Labute approximate surface area is 163 Å². The third-order valence-electron chi connectivity index (χ3n) is 5.16. The van der Waals surface area contributed by atoms with Gasteiger partial charge in [-0.05, 0) is 5.56 Å². The summed E-state index contributed by atoms with van der Waals surface area (Å²) in [7, 11) is 0. The number of benzene rings is 1. The zero-order valence-corrected chi connectivity index (χ0v) is 16.2. The minimum Gasteiger partial charge on any atom is -0.480 e. The number of fused-ring (bicyclic) bond motifs is 2. The molecule has 1 aromatic carbocycles. The average molecular weight is 394 g/mol. The van der Waals surface area contributed by atoms with Crippen molar-refractivity contribution in [2.45, 2.75) is 64.1 Å². The van der Waals surface area contributed by atoms with Crippen LogP contribution in [0.15, 0.2) is 30.3 Å². The second-order valence-corrected chi connectivity index (χ2v) is 8.30. The van der Waals surface area contributed by atoms with Gasteiger partial charge in [-0.1, -0.05) is 51.1 Å². The van der Waals surface area contributed by atoms with Crippen LogP contribution in [0.5, 0.6) is 0 Å². The zero-order valence-electron chi connectivity index (χ0n) is 16.2. The maximum Gasteiger partial charge on any atom is 0.329 e. The summed E-state index contributed by atoms with van der Waals surface area (Å²) in [5, 5.41) is 8.82. The lowest BCUT2D eigenvalue weighted by atomic mass is 9.91. The number of ether oxygens (including phenoxy) is 6. The monoisotopic (exact) mass is 394 g/mol. The quantitative estimate of drug-likeness (QED) is 0.750. The van der Waals surface area contributed by atoms with E-state index in [2.05, 4.69) is 0 Å². The Hall–Kier alpha value is -1.55. The molecule has 3 aliphatic rings. The van der Waals surface area contributed by atoms with Crippen LogP contribution < -0.4 is 0 Å². The maximum atomic E-state index is 10.8. The van der Waals surface area contributed by atoms with Gasteiger partial charge in [-0.15, -0.1) is 0 Å². The second kappa shape index (κ2) is 7.37. The van der Waals surface area contributed by atoms with Gasteiger partial charge in [-0.2, -0.15) is 0 Å². The van der Waals surface area contributed by atoms with Crippen LogP contribution in [0.1, 0.15) is 26.3 Å². The van der Waals surface area contributed by atoms with Crippen molar-refractivity contribution in [3.8, 4) is 0 Å². The molecule has 3 aliphatic heterocycles. The highest BCUT2D eigenvalue weighted by atomic mass is 17.0. The van der Waals surface area contributed by atoms with Gasteiger partial charge in [-0.3, -0.25) is 4.74 Å². The van der Waals surface area contributed by atoms with Crippen molar-refractivity contribution in [2.24, 2.45) is 5.41 Å². The highest BCUT2D eigenvalue weighted by Gasteiger charge is 2.69. The Morgan fingerprint density at radius 3 is 2.54 bits per heavy atom. The number of carboxylic acids is 1. The normalized spacial score (nSPS) is 36.6. The average Bonchev–Trinajstić information content (AvgIpc) is 2.86. The lowest BCUT2D eigenvalue weighted by Crippen LogP contribution is -2.64. The predicted molar refractivity (Wildman–Crippen MR) is 95.2 cm³/mol. The molecule has 3 fully saturated rings. The lowest BCUT2D eigenvalue weighted by molar-refractivity contribution is -0.430. The summed E-state index contributed by atoms with van der Waals surface area (Å²) < 4.78 is 35.9.